The quantitative estimate of drug-likeness (QED) is 0.126. The van der Waals surface area contributed by atoms with Crippen molar-refractivity contribution in [1.82, 2.24) is 0 Å². The fourth-order valence-electron chi connectivity index (χ4n) is 20.5. The van der Waals surface area contributed by atoms with Gasteiger partial charge in [0.15, 0.2) is 0 Å². The maximum atomic E-state index is 4.44. The van der Waals surface area contributed by atoms with Gasteiger partial charge in [-0.05, 0) is 234 Å². The Bertz CT molecular complexity index is 7650. The van der Waals surface area contributed by atoms with E-state index in [1.165, 1.54) is 221 Å². The highest BCUT2D eigenvalue weighted by Crippen LogP contribution is 2.60. The molecule has 0 N–H and O–H groups in total. The molecule has 19 aromatic carbocycles. The lowest BCUT2D eigenvalue weighted by molar-refractivity contribution is 0.661. The third-order valence-electron chi connectivity index (χ3n) is 25.6. The van der Waals surface area contributed by atoms with Crippen molar-refractivity contribution in [3.8, 4) is 100 Å². The zero-order valence-electron chi connectivity index (χ0n) is 62.6. The van der Waals surface area contributed by atoms with Crippen LogP contribution in [-0.2, 0) is 10.8 Å². The van der Waals surface area contributed by atoms with Crippen LogP contribution in [0, 0.1) is 0 Å². The summed E-state index contributed by atoms with van der Waals surface area (Å²) in [4.78, 5) is 0. The molecule has 0 saturated heterocycles. The summed E-state index contributed by atoms with van der Waals surface area (Å²) in [5.74, 6) is 0. The summed E-state index contributed by atoms with van der Waals surface area (Å²) < 4.78 is 5.32. The molecule has 2 heteroatoms. The van der Waals surface area contributed by atoms with Crippen LogP contribution in [0.25, 0.3) is 228 Å². The van der Waals surface area contributed by atoms with E-state index in [-0.39, 0.29) is 10.8 Å². The van der Waals surface area contributed by atoms with Crippen LogP contribution in [0.4, 0.5) is 0 Å². The number of benzene rings is 19. The second-order valence-corrected chi connectivity index (χ2v) is 34.1. The van der Waals surface area contributed by atoms with Gasteiger partial charge >= 0.3 is 0 Å². The molecule has 0 unspecified atom stereocenters. The van der Waals surface area contributed by atoms with Gasteiger partial charge in [0, 0.05) is 56.6 Å². The lowest BCUT2D eigenvalue weighted by Crippen LogP contribution is -2.15. The normalized spacial score (nSPS) is 13.4. The second-order valence-electron chi connectivity index (χ2n) is 31.9. The maximum absolute atomic E-state index is 4.44. The van der Waals surface area contributed by atoms with Gasteiger partial charge in [-0.15, -0.1) is 22.7 Å². The molecule has 0 radical (unpaired) electrons. The average molecular weight is 1460 g/mol. The number of rotatable bonds is 9. The Morgan fingerprint density at radius 3 is 1.17 bits per heavy atom. The van der Waals surface area contributed by atoms with Crippen LogP contribution in [0.15, 0.2) is 341 Å². The summed E-state index contributed by atoms with van der Waals surface area (Å²) in [7, 11) is 0. The standard InChI is InChI=1S/C110H72S2/c1-7-69-70(8-2)84(55-53-71(69)63-26-10-9-11-27-63)102-80-35-18-14-31-76(80)99(77-32-15-19-36-81(77)102)68-48-52-89-95(61-68)110(5,6)93-59-57-86-91(62-98-106(107(86)105(89)93)90-39-23-25-41-97(90)111-98)65-44-42-64(43-45-65)72-54-56-85(74-29-13-12-28-73(72)74)103-82-37-20-16-33-78(82)100(79-34-17-21-38-83(79)103)67-47-51-88-94(60-67)109(3,4)92-58-49-66-46-50-87-75-30-22-24-40-96(75)112-108(87)101(66)104(88)92/h7-62H,1-2H2,3-6H3. The number of fused-ring (bicyclic) bond motifs is 23. The van der Waals surface area contributed by atoms with E-state index in [9.17, 15) is 0 Å². The van der Waals surface area contributed by atoms with Gasteiger partial charge in [0.2, 0.25) is 0 Å². The van der Waals surface area contributed by atoms with Crippen LogP contribution in [-0.4, -0.2) is 0 Å². The fraction of sp³-hybridized carbons (Fsp3) is 0.0545. The molecule has 2 heterocycles. The highest BCUT2D eigenvalue weighted by Gasteiger charge is 2.40. The van der Waals surface area contributed by atoms with Crippen molar-refractivity contribution >= 4 is 151 Å². The minimum atomic E-state index is -0.307. The van der Waals surface area contributed by atoms with Crippen molar-refractivity contribution < 1.29 is 0 Å². The van der Waals surface area contributed by atoms with Crippen molar-refractivity contribution in [2.75, 3.05) is 0 Å². The van der Waals surface area contributed by atoms with E-state index in [1.54, 1.807) is 0 Å². The van der Waals surface area contributed by atoms with E-state index in [0.29, 0.717) is 0 Å². The van der Waals surface area contributed by atoms with E-state index in [0.717, 1.165) is 27.8 Å². The molecular formula is C110H72S2. The van der Waals surface area contributed by atoms with Gasteiger partial charge in [-0.25, -0.2) is 0 Å². The molecule has 0 aliphatic heterocycles. The molecule has 0 bridgehead atoms. The van der Waals surface area contributed by atoms with Gasteiger partial charge in [0.1, 0.15) is 0 Å². The van der Waals surface area contributed by atoms with E-state index in [4.69, 9.17) is 0 Å². The molecular weight excluding hydrogens is 1390 g/mol. The molecule has 0 fully saturated rings. The van der Waals surface area contributed by atoms with E-state index in [2.05, 4.69) is 368 Å². The first-order valence-electron chi connectivity index (χ1n) is 39.1. The topological polar surface area (TPSA) is 0 Å². The van der Waals surface area contributed by atoms with Gasteiger partial charge in [-0.3, -0.25) is 0 Å². The molecule has 112 heavy (non-hydrogen) atoms. The minimum Gasteiger partial charge on any atom is -0.135 e. The van der Waals surface area contributed by atoms with Crippen molar-refractivity contribution in [1.29, 1.82) is 0 Å². The zero-order chi connectivity index (χ0) is 74.6. The Labute approximate surface area is 658 Å². The zero-order valence-corrected chi connectivity index (χ0v) is 64.2. The Morgan fingerprint density at radius 2 is 0.607 bits per heavy atom. The minimum absolute atomic E-state index is 0.209. The smallest absolute Gasteiger partial charge is 0.0440 e. The van der Waals surface area contributed by atoms with Crippen LogP contribution in [0.2, 0.25) is 0 Å². The monoisotopic (exact) mass is 1460 g/mol. The highest BCUT2D eigenvalue weighted by molar-refractivity contribution is 7.27. The molecule has 0 atom stereocenters. The van der Waals surface area contributed by atoms with Gasteiger partial charge in [0.25, 0.3) is 0 Å². The molecule has 2 aliphatic rings. The third-order valence-corrected chi connectivity index (χ3v) is 28.0. The Kier molecular flexibility index (Phi) is 14.0. The van der Waals surface area contributed by atoms with Gasteiger partial charge in [0.05, 0.1) is 0 Å². The van der Waals surface area contributed by atoms with Crippen molar-refractivity contribution in [2.24, 2.45) is 0 Å². The summed E-state index contributed by atoms with van der Waals surface area (Å²) in [6.45, 7) is 18.6. The summed E-state index contributed by atoms with van der Waals surface area (Å²) >= 11 is 3.85. The van der Waals surface area contributed by atoms with Crippen molar-refractivity contribution in [2.45, 2.75) is 38.5 Å². The molecule has 21 aromatic rings. The molecule has 0 nitrogen and oxygen atoms in total. The molecule has 2 aromatic heterocycles. The first kappa shape index (κ1) is 64.9. The van der Waals surface area contributed by atoms with Gasteiger partial charge < -0.3 is 0 Å². The maximum Gasteiger partial charge on any atom is 0.0440 e. The van der Waals surface area contributed by atoms with Gasteiger partial charge in [-0.2, -0.15) is 0 Å². The van der Waals surface area contributed by atoms with Gasteiger partial charge in [-0.1, -0.05) is 350 Å². The second kappa shape index (κ2) is 24.2. The molecule has 0 amide bonds. The Morgan fingerprint density at radius 1 is 0.223 bits per heavy atom. The molecule has 23 rings (SSSR count). The Hall–Kier alpha value is -13.1. The Balaban J connectivity index is 0.635. The van der Waals surface area contributed by atoms with E-state index >= 15 is 0 Å². The molecule has 524 valence electrons. The van der Waals surface area contributed by atoms with Crippen LogP contribution >= 0.6 is 22.7 Å². The van der Waals surface area contributed by atoms with E-state index < -0.39 is 0 Å². The number of hydrogen-bond donors (Lipinski definition) is 0. The van der Waals surface area contributed by atoms with Crippen LogP contribution in [0.5, 0.6) is 0 Å². The van der Waals surface area contributed by atoms with Crippen LogP contribution in [0.3, 0.4) is 0 Å². The first-order valence-corrected chi connectivity index (χ1v) is 40.7. The lowest BCUT2D eigenvalue weighted by Gasteiger charge is -2.24. The summed E-state index contributed by atoms with van der Waals surface area (Å²) in [5.41, 5.74) is 29.5. The highest BCUT2D eigenvalue weighted by atomic mass is 32.1. The largest absolute Gasteiger partial charge is 0.135 e. The molecule has 0 saturated carbocycles. The predicted molar refractivity (Wildman–Crippen MR) is 488 cm³/mol. The van der Waals surface area contributed by atoms with Crippen LogP contribution < -0.4 is 0 Å². The third kappa shape index (κ3) is 9.11. The lowest BCUT2D eigenvalue weighted by atomic mass is 9.79. The molecule has 2 aliphatic carbocycles. The summed E-state index contributed by atoms with van der Waals surface area (Å²) in [5, 5.41) is 23.0. The SMILES string of the molecule is C=Cc1c(-c2ccccc2)ccc(-c2c3ccccc3c(-c3ccc4c(c3)C(C)(C)c3ccc5c(-c6ccc(-c7ccc(-c8c9ccccc9c(-c9ccc%10c(c9)C(C)(C)c9ccc%11ccc%12c%13ccccc%13sc%12c%11c9-%10)c9ccccc89)c8ccccc78)cc6)cc6sc7ccccc7c6c5c3-4)c3ccccc23)c1C=C. The predicted octanol–water partition coefficient (Wildman–Crippen LogP) is 32.1. The first-order chi connectivity index (χ1) is 55.0. The number of thiophene rings is 2. The number of hydrogen-bond acceptors (Lipinski definition) is 2. The average Bonchev–Trinajstić information content (AvgIpc) is 1.52. The van der Waals surface area contributed by atoms with Crippen LogP contribution in [0.1, 0.15) is 61.1 Å². The van der Waals surface area contributed by atoms with E-state index in [1.807, 2.05) is 34.8 Å². The fourth-order valence-corrected chi connectivity index (χ4v) is 23.0. The molecule has 0 spiro atoms. The van der Waals surface area contributed by atoms with Crippen molar-refractivity contribution in [3.05, 3.63) is 374 Å². The summed E-state index contributed by atoms with van der Waals surface area (Å²) in [6, 6.07) is 125. The summed E-state index contributed by atoms with van der Waals surface area (Å²) in [6.07, 6.45) is 4.02. The van der Waals surface area contributed by atoms with Crippen molar-refractivity contribution in [3.63, 3.8) is 0 Å².